The van der Waals surface area contributed by atoms with Gasteiger partial charge in [0.05, 0.1) is 0 Å². The quantitative estimate of drug-likeness (QED) is 0.476. The molecule has 0 aromatic heterocycles. The van der Waals surface area contributed by atoms with Crippen molar-refractivity contribution in [1.29, 1.82) is 0 Å². The van der Waals surface area contributed by atoms with Gasteiger partial charge in [-0.05, 0) is 32.7 Å². The molecule has 1 saturated heterocycles. The Kier molecular flexibility index (Phi) is 1.69. The maximum absolute atomic E-state index is 3.35. The molecule has 7 heavy (non-hydrogen) atoms. The average molecular weight is 98.2 g/mol. The second kappa shape index (κ2) is 2.31. The van der Waals surface area contributed by atoms with E-state index >= 15 is 0 Å². The summed E-state index contributed by atoms with van der Waals surface area (Å²) >= 11 is 0. The van der Waals surface area contributed by atoms with Crippen LogP contribution in [0.2, 0.25) is 0 Å². The molecule has 1 fully saturated rings. The highest BCUT2D eigenvalue weighted by Gasteiger charge is 2.04. The second-order valence-corrected chi connectivity index (χ2v) is 2.17. The summed E-state index contributed by atoms with van der Waals surface area (Å²) in [5.41, 5.74) is 0. The molecule has 1 heteroatoms. The molecular formula is C6H12N. The van der Waals surface area contributed by atoms with Gasteiger partial charge in [0, 0.05) is 6.04 Å². The van der Waals surface area contributed by atoms with Crippen molar-refractivity contribution in [2.75, 3.05) is 6.54 Å². The first-order valence-electron chi connectivity index (χ1n) is 2.94. The van der Waals surface area contributed by atoms with Crippen LogP contribution in [-0.2, 0) is 0 Å². The lowest BCUT2D eigenvalue weighted by Gasteiger charge is -2.17. The summed E-state index contributed by atoms with van der Waals surface area (Å²) < 4.78 is 0. The molecule has 0 saturated carbocycles. The van der Waals surface area contributed by atoms with Gasteiger partial charge in [0.1, 0.15) is 0 Å². The molecule has 0 spiro atoms. The topological polar surface area (TPSA) is 12.0 Å². The summed E-state index contributed by atoms with van der Waals surface area (Å²) in [6.45, 7) is 3.40. The maximum atomic E-state index is 3.35. The molecule has 1 radical (unpaired) electrons. The zero-order valence-corrected chi connectivity index (χ0v) is 4.78. The SMILES string of the molecule is C[C@@H]1C[CH]CCN1. The van der Waals surface area contributed by atoms with Crippen molar-refractivity contribution >= 4 is 0 Å². The van der Waals surface area contributed by atoms with Crippen molar-refractivity contribution in [3.05, 3.63) is 6.42 Å². The summed E-state index contributed by atoms with van der Waals surface area (Å²) in [6, 6.07) is 0.730. The lowest BCUT2D eigenvalue weighted by molar-refractivity contribution is 0.489. The standard InChI is InChI=1S/C6H12N/c1-6-4-2-3-5-7-6/h2,6-7H,3-5H2,1H3/t6-/m1/s1. The van der Waals surface area contributed by atoms with E-state index in [1.165, 1.54) is 19.4 Å². The van der Waals surface area contributed by atoms with E-state index in [9.17, 15) is 0 Å². The Bertz CT molecular complexity index is 46.1. The molecule has 1 N–H and O–H groups in total. The van der Waals surface area contributed by atoms with Gasteiger partial charge in [-0.15, -0.1) is 0 Å². The van der Waals surface area contributed by atoms with Gasteiger partial charge in [0.25, 0.3) is 0 Å². The fourth-order valence-corrected chi connectivity index (χ4v) is 0.883. The smallest absolute Gasteiger partial charge is 0.00414 e. The largest absolute Gasteiger partial charge is 0.314 e. The monoisotopic (exact) mass is 98.1 g/mol. The molecular weight excluding hydrogens is 86.1 g/mol. The molecule has 1 rings (SSSR count). The second-order valence-electron chi connectivity index (χ2n) is 2.17. The van der Waals surface area contributed by atoms with E-state index < -0.39 is 0 Å². The van der Waals surface area contributed by atoms with E-state index in [4.69, 9.17) is 0 Å². The fourth-order valence-electron chi connectivity index (χ4n) is 0.883. The van der Waals surface area contributed by atoms with Crippen molar-refractivity contribution in [1.82, 2.24) is 5.32 Å². The highest BCUT2D eigenvalue weighted by Crippen LogP contribution is 2.03. The summed E-state index contributed by atoms with van der Waals surface area (Å²) in [7, 11) is 0. The Morgan fingerprint density at radius 3 is 2.86 bits per heavy atom. The van der Waals surface area contributed by atoms with Crippen molar-refractivity contribution in [2.24, 2.45) is 0 Å². The molecule has 1 heterocycles. The third-order valence-electron chi connectivity index (χ3n) is 1.36. The van der Waals surface area contributed by atoms with Gasteiger partial charge < -0.3 is 5.32 Å². The minimum absolute atomic E-state index is 0.730. The van der Waals surface area contributed by atoms with Gasteiger partial charge >= 0.3 is 0 Å². The zero-order chi connectivity index (χ0) is 5.11. The van der Waals surface area contributed by atoms with Crippen LogP contribution >= 0.6 is 0 Å². The maximum Gasteiger partial charge on any atom is 0.00414 e. The highest BCUT2D eigenvalue weighted by molar-refractivity contribution is 4.79. The number of rotatable bonds is 0. The van der Waals surface area contributed by atoms with E-state index in [1.54, 1.807) is 0 Å². The van der Waals surface area contributed by atoms with Crippen LogP contribution in [0.25, 0.3) is 0 Å². The van der Waals surface area contributed by atoms with Crippen molar-refractivity contribution in [3.63, 3.8) is 0 Å². The van der Waals surface area contributed by atoms with Gasteiger partial charge in [-0.3, -0.25) is 0 Å². The summed E-state index contributed by atoms with van der Waals surface area (Å²) in [4.78, 5) is 0. The molecule has 0 amide bonds. The zero-order valence-electron chi connectivity index (χ0n) is 4.78. The molecule has 1 aliphatic rings. The molecule has 0 unspecified atom stereocenters. The van der Waals surface area contributed by atoms with Gasteiger partial charge in [0.15, 0.2) is 0 Å². The predicted molar refractivity (Wildman–Crippen MR) is 31.0 cm³/mol. The fraction of sp³-hybridized carbons (Fsp3) is 0.833. The van der Waals surface area contributed by atoms with Gasteiger partial charge in [-0.2, -0.15) is 0 Å². The summed E-state index contributed by atoms with van der Waals surface area (Å²) in [5, 5.41) is 3.35. The van der Waals surface area contributed by atoms with Crippen LogP contribution in [0.3, 0.4) is 0 Å². The minimum atomic E-state index is 0.730. The van der Waals surface area contributed by atoms with E-state index in [0.29, 0.717) is 0 Å². The molecule has 0 bridgehead atoms. The van der Waals surface area contributed by atoms with Crippen molar-refractivity contribution < 1.29 is 0 Å². The highest BCUT2D eigenvalue weighted by atomic mass is 14.9. The Labute approximate surface area is 45.1 Å². The molecule has 41 valence electrons. The first kappa shape index (κ1) is 5.10. The van der Waals surface area contributed by atoms with Crippen LogP contribution in [-0.4, -0.2) is 12.6 Å². The van der Waals surface area contributed by atoms with E-state index in [0.717, 1.165) is 6.04 Å². The Morgan fingerprint density at radius 2 is 2.57 bits per heavy atom. The normalized spacial score (nSPS) is 33.0. The van der Waals surface area contributed by atoms with Crippen molar-refractivity contribution in [3.8, 4) is 0 Å². The molecule has 1 aliphatic heterocycles. The molecule has 0 aliphatic carbocycles. The lowest BCUT2D eigenvalue weighted by Crippen LogP contribution is -2.31. The average Bonchev–Trinajstić information content (AvgIpc) is 1.69. The number of hydrogen-bond donors (Lipinski definition) is 1. The Balaban J connectivity index is 2.12. The Hall–Kier alpha value is -0.0400. The third kappa shape index (κ3) is 1.48. The number of piperidine rings is 1. The third-order valence-corrected chi connectivity index (χ3v) is 1.36. The Morgan fingerprint density at radius 1 is 1.71 bits per heavy atom. The first-order valence-corrected chi connectivity index (χ1v) is 2.94. The predicted octanol–water partition coefficient (Wildman–Crippen LogP) is 0.963. The van der Waals surface area contributed by atoms with Crippen LogP contribution in [0.15, 0.2) is 0 Å². The lowest BCUT2D eigenvalue weighted by atomic mass is 10.1. The van der Waals surface area contributed by atoms with Crippen LogP contribution in [0.5, 0.6) is 0 Å². The van der Waals surface area contributed by atoms with Gasteiger partial charge in [0.2, 0.25) is 0 Å². The van der Waals surface area contributed by atoms with E-state index in [1.807, 2.05) is 0 Å². The molecule has 0 aromatic rings. The van der Waals surface area contributed by atoms with Crippen LogP contribution in [0.4, 0.5) is 0 Å². The molecule has 1 atom stereocenters. The molecule has 1 nitrogen and oxygen atoms in total. The molecule has 0 aromatic carbocycles. The van der Waals surface area contributed by atoms with E-state index in [-0.39, 0.29) is 0 Å². The first-order chi connectivity index (χ1) is 3.39. The van der Waals surface area contributed by atoms with E-state index in [2.05, 4.69) is 18.7 Å². The number of hydrogen-bond acceptors (Lipinski definition) is 1. The number of nitrogens with one attached hydrogen (secondary N) is 1. The summed E-state index contributed by atoms with van der Waals surface area (Å²) in [6.07, 6.45) is 4.85. The van der Waals surface area contributed by atoms with Gasteiger partial charge in [-0.1, -0.05) is 0 Å². The van der Waals surface area contributed by atoms with Gasteiger partial charge in [-0.25, -0.2) is 0 Å². The van der Waals surface area contributed by atoms with Crippen LogP contribution < -0.4 is 5.32 Å². The van der Waals surface area contributed by atoms with Crippen molar-refractivity contribution in [2.45, 2.75) is 25.8 Å². The summed E-state index contributed by atoms with van der Waals surface area (Å²) in [5.74, 6) is 0. The van der Waals surface area contributed by atoms with Crippen LogP contribution in [0.1, 0.15) is 19.8 Å². The van der Waals surface area contributed by atoms with Crippen LogP contribution in [0, 0.1) is 6.42 Å². The minimum Gasteiger partial charge on any atom is -0.314 e.